The van der Waals surface area contributed by atoms with Crippen molar-refractivity contribution >= 4 is 17.1 Å². The van der Waals surface area contributed by atoms with Gasteiger partial charge >= 0.3 is 0 Å². The zero-order valence-electron chi connectivity index (χ0n) is 10.3. The number of nitrogen functional groups attached to an aromatic ring is 1. The van der Waals surface area contributed by atoms with Crippen molar-refractivity contribution in [1.29, 1.82) is 0 Å². The number of imidazole rings is 1. The number of hydrogen-bond donors (Lipinski definition) is 2. The molecule has 0 saturated carbocycles. The van der Waals surface area contributed by atoms with E-state index >= 15 is 0 Å². The Balaban J connectivity index is 1.83. The molecule has 0 unspecified atom stereocenters. The molecule has 1 aromatic heterocycles. The van der Waals surface area contributed by atoms with Gasteiger partial charge in [-0.15, -0.1) is 0 Å². The van der Waals surface area contributed by atoms with E-state index in [1.807, 2.05) is 10.8 Å². The van der Waals surface area contributed by atoms with Gasteiger partial charge in [0.25, 0.3) is 5.69 Å². The maximum atomic E-state index is 10.6. The Bertz CT molecular complexity index is 553. The fourth-order valence-corrected chi connectivity index (χ4v) is 1.74. The molecule has 3 N–H and O–H groups in total. The summed E-state index contributed by atoms with van der Waals surface area (Å²) < 4.78 is 1.99. The largest absolute Gasteiger partial charge is 0.393 e. The van der Waals surface area contributed by atoms with E-state index in [0.29, 0.717) is 0 Å². The molecule has 0 spiro atoms. The van der Waals surface area contributed by atoms with Gasteiger partial charge in [-0.05, 0) is 18.6 Å². The molecule has 19 heavy (non-hydrogen) atoms. The van der Waals surface area contributed by atoms with E-state index in [9.17, 15) is 10.1 Å². The van der Waals surface area contributed by atoms with Crippen molar-refractivity contribution in [3.63, 3.8) is 0 Å². The van der Waals surface area contributed by atoms with Crippen molar-refractivity contribution in [2.24, 2.45) is 0 Å². The van der Waals surface area contributed by atoms with Gasteiger partial charge in [0.2, 0.25) is 0 Å². The van der Waals surface area contributed by atoms with Crippen molar-refractivity contribution in [2.45, 2.75) is 13.0 Å². The Morgan fingerprint density at radius 3 is 2.95 bits per heavy atom. The van der Waals surface area contributed by atoms with Gasteiger partial charge in [0.05, 0.1) is 11.3 Å². The number of aromatic nitrogens is 2. The fraction of sp³-hybridized carbons (Fsp3) is 0.250. The fourth-order valence-electron chi connectivity index (χ4n) is 1.74. The maximum Gasteiger partial charge on any atom is 0.292 e. The molecule has 0 saturated heterocycles. The molecule has 2 rings (SSSR count). The predicted octanol–water partition coefficient (Wildman–Crippen LogP) is 1.88. The van der Waals surface area contributed by atoms with E-state index in [1.165, 1.54) is 6.07 Å². The highest BCUT2D eigenvalue weighted by Crippen LogP contribution is 2.24. The van der Waals surface area contributed by atoms with E-state index in [4.69, 9.17) is 5.73 Å². The number of nitro benzene ring substituents is 1. The molecule has 0 atom stereocenters. The lowest BCUT2D eigenvalue weighted by Gasteiger charge is -2.07. The first-order valence-electron chi connectivity index (χ1n) is 5.90. The topological polar surface area (TPSA) is 99.0 Å². The normalized spacial score (nSPS) is 10.3. The van der Waals surface area contributed by atoms with Crippen LogP contribution in [0.25, 0.3) is 0 Å². The van der Waals surface area contributed by atoms with Crippen LogP contribution in [-0.2, 0) is 6.54 Å². The standard InChI is InChI=1S/C12H15N5O2/c13-11-8-10(2-3-12(11)17(18)19)15-4-1-6-16-7-5-14-9-16/h2-3,5,7-9,15H,1,4,6,13H2. The molecule has 1 aromatic carbocycles. The summed E-state index contributed by atoms with van der Waals surface area (Å²) in [5.41, 5.74) is 6.50. The highest BCUT2D eigenvalue weighted by molar-refractivity contribution is 5.65. The summed E-state index contributed by atoms with van der Waals surface area (Å²) in [4.78, 5) is 14.1. The van der Waals surface area contributed by atoms with Gasteiger partial charge in [0.15, 0.2) is 0 Å². The van der Waals surface area contributed by atoms with Crippen LogP contribution in [0.3, 0.4) is 0 Å². The summed E-state index contributed by atoms with van der Waals surface area (Å²) in [7, 11) is 0. The highest BCUT2D eigenvalue weighted by atomic mass is 16.6. The average Bonchev–Trinajstić information content (AvgIpc) is 2.87. The van der Waals surface area contributed by atoms with E-state index < -0.39 is 4.92 Å². The molecular weight excluding hydrogens is 246 g/mol. The second kappa shape index (κ2) is 5.85. The molecule has 0 aliphatic heterocycles. The third kappa shape index (κ3) is 3.44. The first kappa shape index (κ1) is 12.9. The Morgan fingerprint density at radius 1 is 1.47 bits per heavy atom. The molecule has 100 valence electrons. The Kier molecular flexibility index (Phi) is 3.97. The smallest absolute Gasteiger partial charge is 0.292 e. The van der Waals surface area contributed by atoms with Crippen LogP contribution >= 0.6 is 0 Å². The molecule has 0 aliphatic carbocycles. The first-order valence-corrected chi connectivity index (χ1v) is 5.90. The number of anilines is 2. The number of benzene rings is 1. The molecule has 0 aliphatic rings. The van der Waals surface area contributed by atoms with Crippen molar-refractivity contribution in [2.75, 3.05) is 17.6 Å². The van der Waals surface area contributed by atoms with Gasteiger partial charge in [0, 0.05) is 37.2 Å². The highest BCUT2D eigenvalue weighted by Gasteiger charge is 2.10. The summed E-state index contributed by atoms with van der Waals surface area (Å²) >= 11 is 0. The quantitative estimate of drug-likeness (QED) is 0.358. The number of nitrogens with two attached hydrogens (primary N) is 1. The zero-order chi connectivity index (χ0) is 13.7. The Labute approximate surface area is 110 Å². The van der Waals surface area contributed by atoms with E-state index in [-0.39, 0.29) is 11.4 Å². The van der Waals surface area contributed by atoms with Crippen molar-refractivity contribution in [3.05, 3.63) is 47.0 Å². The van der Waals surface area contributed by atoms with Gasteiger partial charge in [-0.1, -0.05) is 0 Å². The summed E-state index contributed by atoms with van der Waals surface area (Å²) in [5.74, 6) is 0. The minimum Gasteiger partial charge on any atom is -0.393 e. The number of aryl methyl sites for hydroxylation is 1. The maximum absolute atomic E-state index is 10.6. The van der Waals surface area contributed by atoms with E-state index in [1.54, 1.807) is 24.7 Å². The lowest BCUT2D eigenvalue weighted by atomic mass is 10.2. The van der Waals surface area contributed by atoms with Crippen LogP contribution in [0.15, 0.2) is 36.9 Å². The van der Waals surface area contributed by atoms with Crippen LogP contribution in [0.2, 0.25) is 0 Å². The van der Waals surface area contributed by atoms with Crippen LogP contribution in [0.5, 0.6) is 0 Å². The third-order valence-electron chi connectivity index (χ3n) is 2.71. The SMILES string of the molecule is Nc1cc(NCCCn2ccnc2)ccc1[N+](=O)[O-]. The lowest BCUT2D eigenvalue weighted by Crippen LogP contribution is -2.06. The van der Waals surface area contributed by atoms with Crippen molar-refractivity contribution < 1.29 is 4.92 Å². The number of nitro groups is 1. The van der Waals surface area contributed by atoms with Gasteiger partial charge < -0.3 is 15.6 Å². The molecule has 2 aromatic rings. The van der Waals surface area contributed by atoms with Crippen LogP contribution in [-0.4, -0.2) is 21.0 Å². The second-order valence-corrected chi connectivity index (χ2v) is 4.11. The molecule has 0 radical (unpaired) electrons. The lowest BCUT2D eigenvalue weighted by molar-refractivity contribution is -0.383. The monoisotopic (exact) mass is 261 g/mol. The minimum atomic E-state index is -0.488. The van der Waals surface area contributed by atoms with Crippen molar-refractivity contribution in [3.8, 4) is 0 Å². The summed E-state index contributed by atoms with van der Waals surface area (Å²) in [6.45, 7) is 1.63. The van der Waals surface area contributed by atoms with E-state index in [2.05, 4.69) is 10.3 Å². The molecular formula is C12H15N5O2. The van der Waals surface area contributed by atoms with Crippen LogP contribution in [0.1, 0.15) is 6.42 Å². The van der Waals surface area contributed by atoms with Crippen LogP contribution in [0, 0.1) is 10.1 Å². The summed E-state index contributed by atoms with van der Waals surface area (Å²) in [6, 6.07) is 4.65. The van der Waals surface area contributed by atoms with E-state index in [0.717, 1.165) is 25.2 Å². The Morgan fingerprint density at radius 2 is 2.32 bits per heavy atom. The first-order chi connectivity index (χ1) is 9.16. The molecule has 0 bridgehead atoms. The number of nitrogens with zero attached hydrogens (tertiary/aromatic N) is 3. The molecule has 7 nitrogen and oxygen atoms in total. The summed E-state index contributed by atoms with van der Waals surface area (Å²) in [6.07, 6.45) is 6.34. The third-order valence-corrected chi connectivity index (χ3v) is 2.71. The average molecular weight is 261 g/mol. The molecule has 7 heteroatoms. The van der Waals surface area contributed by atoms with Gasteiger partial charge in [0.1, 0.15) is 5.69 Å². The van der Waals surface area contributed by atoms with Gasteiger partial charge in [-0.2, -0.15) is 0 Å². The zero-order valence-corrected chi connectivity index (χ0v) is 10.3. The number of rotatable bonds is 6. The number of hydrogen-bond acceptors (Lipinski definition) is 5. The molecule has 0 amide bonds. The van der Waals surface area contributed by atoms with Crippen molar-refractivity contribution in [1.82, 2.24) is 9.55 Å². The summed E-state index contributed by atoms with van der Waals surface area (Å²) in [5, 5.41) is 13.8. The second-order valence-electron chi connectivity index (χ2n) is 4.11. The number of nitrogens with one attached hydrogen (secondary N) is 1. The van der Waals surface area contributed by atoms with Crippen LogP contribution in [0.4, 0.5) is 17.1 Å². The predicted molar refractivity (Wildman–Crippen MR) is 72.8 cm³/mol. The molecule has 0 fully saturated rings. The van der Waals surface area contributed by atoms with Crippen LogP contribution < -0.4 is 11.1 Å². The molecule has 1 heterocycles. The Hall–Kier alpha value is -2.57. The van der Waals surface area contributed by atoms with Gasteiger partial charge in [-0.3, -0.25) is 10.1 Å². The van der Waals surface area contributed by atoms with Gasteiger partial charge in [-0.25, -0.2) is 4.98 Å². The minimum absolute atomic E-state index is 0.0658.